The van der Waals surface area contributed by atoms with Crippen LogP contribution in [0.4, 0.5) is 5.69 Å². The molecular weight excluding hydrogens is 478 g/mol. The van der Waals surface area contributed by atoms with Crippen molar-refractivity contribution < 1.29 is 18.0 Å². The molecule has 0 saturated carbocycles. The molecule has 10 heteroatoms. The number of Topliss-reactive ketones (excluding diaryl/α,β-unsaturated/α-hetero) is 1. The molecule has 9 nitrogen and oxygen atoms in total. The second-order valence-corrected chi connectivity index (χ2v) is 10.7. The second-order valence-electron chi connectivity index (χ2n) is 8.51. The fraction of sp³-hybridized carbons (Fsp3) is 0.231. The quantitative estimate of drug-likeness (QED) is 0.275. The molecule has 3 aromatic carbocycles. The van der Waals surface area contributed by atoms with Gasteiger partial charge in [-0.2, -0.15) is 5.10 Å². The lowest BCUT2D eigenvalue weighted by molar-refractivity contribution is -0.117. The second kappa shape index (κ2) is 10.4. The van der Waals surface area contributed by atoms with Crippen molar-refractivity contribution in [1.82, 2.24) is 19.5 Å². The van der Waals surface area contributed by atoms with Crippen molar-refractivity contribution in [2.24, 2.45) is 0 Å². The number of carbonyl (C=O) groups excluding carboxylic acids is 2. The average molecular weight is 506 g/mol. The van der Waals surface area contributed by atoms with E-state index in [-0.39, 0.29) is 17.3 Å². The molecule has 0 radical (unpaired) electrons. The Morgan fingerprint density at radius 2 is 1.69 bits per heavy atom. The van der Waals surface area contributed by atoms with Crippen molar-refractivity contribution in [2.45, 2.75) is 31.2 Å². The summed E-state index contributed by atoms with van der Waals surface area (Å²) in [5.74, 6) is -0.498. The fourth-order valence-electron chi connectivity index (χ4n) is 3.76. The number of benzene rings is 3. The van der Waals surface area contributed by atoms with E-state index in [1.165, 1.54) is 31.1 Å². The van der Waals surface area contributed by atoms with Gasteiger partial charge in [-0.15, -0.1) is 0 Å². The number of H-pyrrole nitrogens is 1. The summed E-state index contributed by atoms with van der Waals surface area (Å²) in [6.45, 7) is 2.02. The summed E-state index contributed by atoms with van der Waals surface area (Å²) in [6, 6.07) is 19.9. The van der Waals surface area contributed by atoms with Gasteiger partial charge in [0, 0.05) is 26.2 Å². The molecule has 4 aromatic rings. The van der Waals surface area contributed by atoms with E-state index in [9.17, 15) is 18.0 Å². The van der Waals surface area contributed by atoms with E-state index in [1.807, 2.05) is 49.4 Å². The van der Waals surface area contributed by atoms with E-state index in [1.54, 1.807) is 12.1 Å². The molecule has 0 atom stereocenters. The molecular formula is C26H27N5O4S. The maximum Gasteiger partial charge on any atom is 0.242 e. The van der Waals surface area contributed by atoms with E-state index in [4.69, 9.17) is 0 Å². The van der Waals surface area contributed by atoms with Crippen LogP contribution in [-0.4, -0.2) is 53.7 Å². The van der Waals surface area contributed by atoms with Gasteiger partial charge in [-0.25, -0.2) is 17.7 Å². The maximum atomic E-state index is 13.4. The lowest BCUT2D eigenvalue weighted by atomic mass is 10.1. The van der Waals surface area contributed by atoms with Crippen LogP contribution < -0.4 is 4.90 Å². The maximum absolute atomic E-state index is 13.4. The van der Waals surface area contributed by atoms with Crippen LogP contribution in [0.1, 0.15) is 35.4 Å². The van der Waals surface area contributed by atoms with E-state index >= 15 is 0 Å². The SMILES string of the molecule is CCc1nc(C(=O)CC(=O)N(Cc2ccc3ccccc3c2)c2cccc(S(=O)(=O)N(C)C)c2)n[nH]1. The molecule has 0 spiro atoms. The van der Waals surface area contributed by atoms with Crippen LogP contribution >= 0.6 is 0 Å². The predicted octanol–water partition coefficient (Wildman–Crippen LogP) is 3.58. The summed E-state index contributed by atoms with van der Waals surface area (Å²) < 4.78 is 26.6. The Balaban J connectivity index is 1.70. The average Bonchev–Trinajstić information content (AvgIpc) is 3.37. The zero-order valence-corrected chi connectivity index (χ0v) is 21.1. The number of aromatic amines is 1. The van der Waals surface area contributed by atoms with E-state index in [0.717, 1.165) is 20.6 Å². The number of ketones is 1. The van der Waals surface area contributed by atoms with Gasteiger partial charge in [0.1, 0.15) is 5.82 Å². The van der Waals surface area contributed by atoms with Gasteiger partial charge in [0.25, 0.3) is 0 Å². The molecule has 0 unspecified atom stereocenters. The first kappa shape index (κ1) is 25.2. The van der Waals surface area contributed by atoms with E-state index < -0.39 is 28.1 Å². The highest BCUT2D eigenvalue weighted by Crippen LogP contribution is 2.25. The van der Waals surface area contributed by atoms with Crippen molar-refractivity contribution in [1.29, 1.82) is 0 Å². The van der Waals surface area contributed by atoms with Gasteiger partial charge in [0.05, 0.1) is 17.9 Å². The molecule has 186 valence electrons. The molecule has 36 heavy (non-hydrogen) atoms. The number of carbonyl (C=O) groups is 2. The lowest BCUT2D eigenvalue weighted by Gasteiger charge is -2.24. The van der Waals surface area contributed by atoms with Gasteiger partial charge in [-0.1, -0.05) is 49.4 Å². The van der Waals surface area contributed by atoms with Crippen LogP contribution in [0.15, 0.2) is 71.6 Å². The molecule has 0 fully saturated rings. The number of anilines is 1. The van der Waals surface area contributed by atoms with Crippen LogP contribution in [0.5, 0.6) is 0 Å². The monoisotopic (exact) mass is 505 g/mol. The molecule has 0 aliphatic heterocycles. The van der Waals surface area contributed by atoms with Crippen molar-refractivity contribution in [3.8, 4) is 0 Å². The first-order chi connectivity index (χ1) is 17.2. The number of aryl methyl sites for hydroxylation is 1. The van der Waals surface area contributed by atoms with Gasteiger partial charge >= 0.3 is 0 Å². The third-order valence-corrected chi connectivity index (χ3v) is 7.60. The van der Waals surface area contributed by atoms with Crippen LogP contribution in [-0.2, 0) is 27.8 Å². The lowest BCUT2D eigenvalue weighted by Crippen LogP contribution is -2.32. The van der Waals surface area contributed by atoms with Gasteiger partial charge in [-0.05, 0) is 40.6 Å². The zero-order chi connectivity index (χ0) is 25.9. The Labute approximate surface area is 209 Å². The molecule has 0 saturated heterocycles. The minimum absolute atomic E-state index is 0.0465. The predicted molar refractivity (Wildman–Crippen MR) is 137 cm³/mol. The summed E-state index contributed by atoms with van der Waals surface area (Å²) >= 11 is 0. The molecule has 4 rings (SSSR count). The molecule has 1 aromatic heterocycles. The van der Waals surface area contributed by atoms with Crippen molar-refractivity contribution in [2.75, 3.05) is 19.0 Å². The standard InChI is InChI=1S/C26H27N5O4S/c1-4-24-27-26(29-28-24)23(32)16-25(33)31(17-18-12-13-19-8-5-6-9-20(19)14-18)21-10-7-11-22(15-21)36(34,35)30(2)3/h5-15H,4,16-17H2,1-3H3,(H,27,28,29). The third kappa shape index (κ3) is 5.34. The van der Waals surface area contributed by atoms with Gasteiger partial charge in [0.15, 0.2) is 0 Å². The van der Waals surface area contributed by atoms with Crippen molar-refractivity contribution >= 4 is 38.2 Å². The Hall–Kier alpha value is -3.89. The number of hydrogen-bond acceptors (Lipinski definition) is 6. The first-order valence-electron chi connectivity index (χ1n) is 11.4. The number of hydrogen-bond donors (Lipinski definition) is 1. The Morgan fingerprint density at radius 1 is 0.944 bits per heavy atom. The Morgan fingerprint density at radius 3 is 2.39 bits per heavy atom. The number of rotatable bonds is 9. The molecule has 0 aliphatic carbocycles. The van der Waals surface area contributed by atoms with Crippen LogP contribution in [0.3, 0.4) is 0 Å². The van der Waals surface area contributed by atoms with Gasteiger partial charge in [-0.3, -0.25) is 14.7 Å². The topological polar surface area (TPSA) is 116 Å². The summed E-state index contributed by atoms with van der Waals surface area (Å²) in [5, 5.41) is 8.67. The minimum atomic E-state index is -3.72. The largest absolute Gasteiger partial charge is 0.308 e. The van der Waals surface area contributed by atoms with E-state index in [0.29, 0.717) is 17.9 Å². The molecule has 1 heterocycles. The van der Waals surface area contributed by atoms with Gasteiger partial charge < -0.3 is 4.90 Å². The van der Waals surface area contributed by atoms with E-state index in [2.05, 4.69) is 15.2 Å². The summed E-state index contributed by atoms with van der Waals surface area (Å²) in [7, 11) is -0.833. The Bertz CT molecular complexity index is 1530. The molecule has 0 bridgehead atoms. The summed E-state index contributed by atoms with van der Waals surface area (Å²) in [5.41, 5.74) is 1.20. The third-order valence-electron chi connectivity index (χ3n) is 5.79. The molecule has 1 N–H and O–H groups in total. The van der Waals surface area contributed by atoms with Crippen LogP contribution in [0.25, 0.3) is 10.8 Å². The van der Waals surface area contributed by atoms with Crippen molar-refractivity contribution in [3.05, 3.63) is 83.9 Å². The highest BCUT2D eigenvalue weighted by Gasteiger charge is 2.25. The number of aromatic nitrogens is 3. The van der Waals surface area contributed by atoms with Crippen LogP contribution in [0.2, 0.25) is 0 Å². The normalized spacial score (nSPS) is 11.7. The summed E-state index contributed by atoms with van der Waals surface area (Å²) in [6.07, 6.45) is 0.120. The number of nitrogens with zero attached hydrogens (tertiary/aromatic N) is 4. The molecule has 0 aliphatic rings. The first-order valence-corrected chi connectivity index (χ1v) is 12.9. The number of amides is 1. The minimum Gasteiger partial charge on any atom is -0.308 e. The number of nitrogens with one attached hydrogen (secondary N) is 1. The molecule has 1 amide bonds. The highest BCUT2D eigenvalue weighted by atomic mass is 32.2. The smallest absolute Gasteiger partial charge is 0.242 e. The fourth-order valence-corrected chi connectivity index (χ4v) is 4.70. The highest BCUT2D eigenvalue weighted by molar-refractivity contribution is 7.89. The van der Waals surface area contributed by atoms with Crippen molar-refractivity contribution in [3.63, 3.8) is 0 Å². The Kier molecular flexibility index (Phi) is 7.27. The van der Waals surface area contributed by atoms with Crippen LogP contribution in [0, 0.1) is 0 Å². The summed E-state index contributed by atoms with van der Waals surface area (Å²) in [4.78, 5) is 31.8. The van der Waals surface area contributed by atoms with Gasteiger partial charge in [0.2, 0.25) is 27.5 Å². The number of sulfonamides is 1. The zero-order valence-electron chi connectivity index (χ0n) is 20.3. The number of fused-ring (bicyclic) bond motifs is 1.